The first kappa shape index (κ1) is 19.5. The SMILES string of the molecule is CCOc1ccc2c(c1)sc(=NS(=O)(=O)c1ccc(F)cc1)n2CCOC. The molecule has 2 aromatic carbocycles. The van der Waals surface area contributed by atoms with E-state index in [2.05, 4.69) is 4.40 Å². The number of hydrogen-bond donors (Lipinski definition) is 0. The number of aromatic nitrogens is 1. The summed E-state index contributed by atoms with van der Waals surface area (Å²) in [5, 5.41) is 0. The van der Waals surface area contributed by atoms with Gasteiger partial charge in [0.15, 0.2) is 0 Å². The lowest BCUT2D eigenvalue weighted by Crippen LogP contribution is -2.19. The maximum Gasteiger partial charge on any atom is 0.285 e. The van der Waals surface area contributed by atoms with Gasteiger partial charge in [-0.3, -0.25) is 0 Å². The van der Waals surface area contributed by atoms with Crippen LogP contribution in [0.15, 0.2) is 51.8 Å². The number of benzene rings is 2. The number of fused-ring (bicyclic) bond motifs is 1. The number of nitrogens with zero attached hydrogens (tertiary/aromatic N) is 2. The highest BCUT2D eigenvalue weighted by molar-refractivity contribution is 7.90. The number of halogens is 1. The maximum atomic E-state index is 13.1. The minimum atomic E-state index is -3.97. The number of sulfonamides is 1. The Morgan fingerprint density at radius 2 is 1.93 bits per heavy atom. The van der Waals surface area contributed by atoms with Gasteiger partial charge < -0.3 is 14.0 Å². The highest BCUT2D eigenvalue weighted by Crippen LogP contribution is 2.24. The third-order valence-electron chi connectivity index (χ3n) is 3.79. The molecule has 27 heavy (non-hydrogen) atoms. The molecule has 0 saturated carbocycles. The Morgan fingerprint density at radius 3 is 2.59 bits per heavy atom. The zero-order valence-electron chi connectivity index (χ0n) is 14.9. The van der Waals surface area contributed by atoms with E-state index in [4.69, 9.17) is 9.47 Å². The first-order valence-corrected chi connectivity index (χ1v) is 10.5. The Balaban J connectivity index is 2.15. The van der Waals surface area contributed by atoms with Crippen LogP contribution in [0.1, 0.15) is 6.92 Å². The Labute approximate surface area is 160 Å². The third-order valence-corrected chi connectivity index (χ3v) is 6.23. The molecular weight excluding hydrogens is 391 g/mol. The zero-order valence-corrected chi connectivity index (χ0v) is 16.5. The Hall–Kier alpha value is -2.23. The normalized spacial score (nSPS) is 12.6. The molecule has 0 unspecified atom stereocenters. The summed E-state index contributed by atoms with van der Waals surface area (Å²) in [5.74, 6) is 0.201. The van der Waals surface area contributed by atoms with Gasteiger partial charge in [0.1, 0.15) is 11.6 Å². The summed E-state index contributed by atoms with van der Waals surface area (Å²) in [6, 6.07) is 10.2. The molecule has 0 N–H and O–H groups in total. The Morgan fingerprint density at radius 1 is 1.19 bits per heavy atom. The second-order valence-electron chi connectivity index (χ2n) is 5.61. The third kappa shape index (κ3) is 4.37. The van der Waals surface area contributed by atoms with Gasteiger partial charge in [-0.15, -0.1) is 4.40 Å². The molecule has 9 heteroatoms. The molecular formula is C18H19FN2O4S2. The molecule has 0 bridgehead atoms. The van der Waals surface area contributed by atoms with Crippen molar-refractivity contribution in [3.63, 3.8) is 0 Å². The van der Waals surface area contributed by atoms with Crippen LogP contribution in [0.25, 0.3) is 10.2 Å². The van der Waals surface area contributed by atoms with Crippen molar-refractivity contribution < 1.29 is 22.3 Å². The molecule has 0 radical (unpaired) electrons. The minimum absolute atomic E-state index is 0.0605. The maximum absolute atomic E-state index is 13.1. The number of thiazole rings is 1. The van der Waals surface area contributed by atoms with Crippen LogP contribution in [-0.2, 0) is 21.3 Å². The second-order valence-corrected chi connectivity index (χ2v) is 8.23. The standard InChI is InChI=1S/C18H19FN2O4S2/c1-3-25-14-6-9-16-17(12-14)26-18(21(16)10-11-24-2)20-27(22,23)15-7-4-13(19)5-8-15/h4-9,12H,3,10-11H2,1-2H3. The van der Waals surface area contributed by atoms with Gasteiger partial charge >= 0.3 is 0 Å². The van der Waals surface area contributed by atoms with Gasteiger partial charge in [0, 0.05) is 13.7 Å². The summed E-state index contributed by atoms with van der Waals surface area (Å²) >= 11 is 1.25. The van der Waals surface area contributed by atoms with Crippen LogP contribution < -0.4 is 9.54 Å². The first-order chi connectivity index (χ1) is 12.9. The predicted molar refractivity (Wildman–Crippen MR) is 102 cm³/mol. The van der Waals surface area contributed by atoms with Crippen molar-refractivity contribution in [3.05, 3.63) is 53.1 Å². The molecule has 0 aliphatic carbocycles. The van der Waals surface area contributed by atoms with Crippen molar-refractivity contribution in [1.82, 2.24) is 4.57 Å². The highest BCUT2D eigenvalue weighted by Gasteiger charge is 2.15. The van der Waals surface area contributed by atoms with Crippen LogP contribution in [0.3, 0.4) is 0 Å². The smallest absolute Gasteiger partial charge is 0.285 e. The molecule has 3 rings (SSSR count). The van der Waals surface area contributed by atoms with E-state index >= 15 is 0 Å². The van der Waals surface area contributed by atoms with Crippen LogP contribution in [0.2, 0.25) is 0 Å². The molecule has 6 nitrogen and oxygen atoms in total. The van der Waals surface area contributed by atoms with Crippen LogP contribution in [0.5, 0.6) is 5.75 Å². The van der Waals surface area contributed by atoms with Gasteiger partial charge in [-0.2, -0.15) is 8.42 Å². The van der Waals surface area contributed by atoms with Gasteiger partial charge in [-0.1, -0.05) is 11.3 Å². The fourth-order valence-electron chi connectivity index (χ4n) is 2.54. The van der Waals surface area contributed by atoms with E-state index in [0.717, 1.165) is 22.3 Å². The Kier molecular flexibility index (Phi) is 5.93. The largest absolute Gasteiger partial charge is 0.494 e. The summed E-state index contributed by atoms with van der Waals surface area (Å²) in [5.41, 5.74) is 0.841. The number of ether oxygens (including phenoxy) is 2. The average molecular weight is 410 g/mol. The van der Waals surface area contributed by atoms with E-state index in [-0.39, 0.29) is 4.90 Å². The van der Waals surface area contributed by atoms with Crippen molar-refractivity contribution in [2.75, 3.05) is 20.3 Å². The molecule has 0 saturated heterocycles. The monoisotopic (exact) mass is 410 g/mol. The summed E-state index contributed by atoms with van der Waals surface area (Å²) < 4.78 is 55.6. The van der Waals surface area contributed by atoms with Gasteiger partial charge in [0.2, 0.25) is 4.80 Å². The number of rotatable bonds is 7. The molecule has 1 aromatic heterocycles. The van der Waals surface area contributed by atoms with E-state index in [9.17, 15) is 12.8 Å². The summed E-state index contributed by atoms with van der Waals surface area (Å²) in [7, 11) is -2.39. The van der Waals surface area contributed by atoms with Crippen molar-refractivity contribution in [3.8, 4) is 5.75 Å². The summed E-state index contributed by atoms with van der Waals surface area (Å²) in [4.78, 5) is 0.259. The lowest BCUT2D eigenvalue weighted by molar-refractivity contribution is 0.187. The van der Waals surface area contributed by atoms with Gasteiger partial charge in [0.25, 0.3) is 10.0 Å². The quantitative estimate of drug-likeness (QED) is 0.600. The minimum Gasteiger partial charge on any atom is -0.494 e. The molecule has 0 fully saturated rings. The van der Waals surface area contributed by atoms with Gasteiger partial charge in [0.05, 0.1) is 28.3 Å². The fourth-order valence-corrected chi connectivity index (χ4v) is 4.83. The van der Waals surface area contributed by atoms with Crippen LogP contribution in [-0.4, -0.2) is 33.3 Å². The van der Waals surface area contributed by atoms with Crippen LogP contribution in [0.4, 0.5) is 4.39 Å². The second kappa shape index (κ2) is 8.20. The topological polar surface area (TPSA) is 69.9 Å². The number of hydrogen-bond acceptors (Lipinski definition) is 5. The molecule has 0 aliphatic heterocycles. The lowest BCUT2D eigenvalue weighted by Gasteiger charge is -2.06. The zero-order chi connectivity index (χ0) is 19.4. The van der Waals surface area contributed by atoms with E-state index in [1.807, 2.05) is 25.1 Å². The summed E-state index contributed by atoms with van der Waals surface area (Å²) in [6.07, 6.45) is 0. The van der Waals surface area contributed by atoms with Gasteiger partial charge in [-0.05, 0) is 49.4 Å². The van der Waals surface area contributed by atoms with Crippen molar-refractivity contribution in [1.29, 1.82) is 0 Å². The van der Waals surface area contributed by atoms with E-state index in [1.165, 1.54) is 23.5 Å². The molecule has 0 atom stereocenters. The molecule has 0 spiro atoms. The van der Waals surface area contributed by atoms with E-state index in [0.29, 0.717) is 30.3 Å². The van der Waals surface area contributed by atoms with E-state index in [1.54, 1.807) is 11.7 Å². The molecule has 3 aromatic rings. The Bertz CT molecular complexity index is 1100. The molecule has 144 valence electrons. The molecule has 0 aliphatic rings. The van der Waals surface area contributed by atoms with Crippen molar-refractivity contribution in [2.24, 2.45) is 4.40 Å². The molecule has 1 heterocycles. The number of methoxy groups -OCH3 is 1. The first-order valence-electron chi connectivity index (χ1n) is 8.26. The fraction of sp³-hybridized carbons (Fsp3) is 0.278. The predicted octanol–water partition coefficient (Wildman–Crippen LogP) is 3.18. The lowest BCUT2D eigenvalue weighted by atomic mass is 10.3. The highest BCUT2D eigenvalue weighted by atomic mass is 32.2. The average Bonchev–Trinajstić information content (AvgIpc) is 2.96. The van der Waals surface area contributed by atoms with Crippen molar-refractivity contribution in [2.45, 2.75) is 18.4 Å². The molecule has 0 amide bonds. The van der Waals surface area contributed by atoms with Crippen LogP contribution in [0, 0.1) is 5.82 Å². The van der Waals surface area contributed by atoms with Crippen LogP contribution >= 0.6 is 11.3 Å². The van der Waals surface area contributed by atoms with Crippen molar-refractivity contribution >= 4 is 31.6 Å². The van der Waals surface area contributed by atoms with Gasteiger partial charge in [-0.25, -0.2) is 4.39 Å². The summed E-state index contributed by atoms with van der Waals surface area (Å²) in [6.45, 7) is 3.29. The van der Waals surface area contributed by atoms with E-state index < -0.39 is 15.8 Å².